The number of esters is 1. The predicted molar refractivity (Wildman–Crippen MR) is 298 cm³/mol. The van der Waals surface area contributed by atoms with E-state index in [-0.39, 0.29) is 61.1 Å². The summed E-state index contributed by atoms with van der Waals surface area (Å²) in [5, 5.41) is 8.68. The third-order valence-corrected chi connectivity index (χ3v) is 18.1. The fourth-order valence-corrected chi connectivity index (χ4v) is 13.7. The van der Waals surface area contributed by atoms with E-state index in [1.54, 1.807) is 6.07 Å². The number of hydrazine groups is 1. The van der Waals surface area contributed by atoms with Crippen molar-refractivity contribution in [2.45, 2.75) is 153 Å². The number of hydrogen-bond donors (Lipinski definition) is 3. The molecule has 16 nitrogen and oxygen atoms in total. The minimum Gasteiger partial charge on any atom is -0.464 e. The van der Waals surface area contributed by atoms with Crippen LogP contribution in [0.3, 0.4) is 0 Å². The van der Waals surface area contributed by atoms with Crippen LogP contribution in [0, 0.1) is 17.3 Å². The van der Waals surface area contributed by atoms with Crippen LogP contribution in [0.4, 0.5) is 18.9 Å². The molecule has 430 valence electrons. The Labute approximate surface area is 467 Å². The number of aromatic nitrogens is 2. The number of fused-ring (bicyclic) bond motifs is 6. The first-order chi connectivity index (χ1) is 38.2. The summed E-state index contributed by atoms with van der Waals surface area (Å²) in [4.78, 5) is 71.4. The second-order valence-corrected chi connectivity index (χ2v) is 25.9. The maximum Gasteiger partial charge on any atom is 0.406 e. The first-order valence-corrected chi connectivity index (χ1v) is 29.5. The number of ether oxygens (including phenoxy) is 2. The van der Waals surface area contributed by atoms with Crippen molar-refractivity contribution in [1.82, 2.24) is 45.3 Å². The van der Waals surface area contributed by atoms with Gasteiger partial charge in [0.05, 0.1) is 55.6 Å². The number of nitrogens with one attached hydrogen (secondary N) is 3. The molecule has 19 heteroatoms. The summed E-state index contributed by atoms with van der Waals surface area (Å²) in [6, 6.07) is 13.7. The lowest BCUT2D eigenvalue weighted by atomic mass is 9.83. The van der Waals surface area contributed by atoms with E-state index in [2.05, 4.69) is 36.8 Å². The molecular weight excluding hydrogens is 1030 g/mol. The number of carbonyl (C=O) groups is 4. The fourth-order valence-electron chi connectivity index (χ4n) is 13.7. The van der Waals surface area contributed by atoms with Gasteiger partial charge in [0.15, 0.2) is 0 Å². The normalized spacial score (nSPS) is 26.1. The summed E-state index contributed by atoms with van der Waals surface area (Å²) < 4.78 is 59.5. The molecule has 0 unspecified atom stereocenters. The molecule has 3 N–H and O–H groups in total. The molecule has 8 heterocycles. The van der Waals surface area contributed by atoms with Crippen molar-refractivity contribution >= 4 is 40.3 Å². The van der Waals surface area contributed by atoms with E-state index >= 15 is 13.2 Å². The number of carbonyl (C=O) groups excluding carboxylic acids is 4. The Morgan fingerprint density at radius 2 is 1.66 bits per heavy atom. The summed E-state index contributed by atoms with van der Waals surface area (Å²) in [5.41, 5.74) is 7.98. The van der Waals surface area contributed by atoms with Crippen molar-refractivity contribution in [3.63, 3.8) is 0 Å². The Morgan fingerprint density at radius 3 is 2.38 bits per heavy atom. The highest BCUT2D eigenvalue weighted by molar-refractivity contribution is 5.96. The Kier molecular flexibility index (Phi) is 14.6. The molecule has 3 amide bonds. The summed E-state index contributed by atoms with van der Waals surface area (Å²) in [6.07, 6.45) is 3.39. The number of pyridine rings is 1. The molecule has 12 rings (SSSR count). The molecule has 80 heavy (non-hydrogen) atoms. The van der Waals surface area contributed by atoms with Gasteiger partial charge in [0, 0.05) is 86.2 Å². The number of likely N-dealkylation sites (tertiary alicyclic amines) is 1. The SMILES string of the molecule is CC(C)c1ncc(N2CCN(C3CC3)CC2)cc1-c1c2c3cc(ccc3n1CC(F)(F)F)-c1cccc(c1)C[C@H](NC(=O)[C@H](C(C)C)N1CCOC3(CN(C(=O)[C@@H]4N[C@@H]4C4CC4)C3)C1)C(=O)N1CCC[C@H](N1)C(=O)OCC(C)(C)C2. The zero-order chi connectivity index (χ0) is 56.0. The van der Waals surface area contributed by atoms with E-state index < -0.39 is 47.8 Å². The highest BCUT2D eigenvalue weighted by Crippen LogP contribution is 2.45. The Hall–Kier alpha value is -5.60. The van der Waals surface area contributed by atoms with Crippen LogP contribution in [-0.2, 0) is 48.0 Å². The molecule has 8 aliphatic rings. The first-order valence-electron chi connectivity index (χ1n) is 29.5. The topological polar surface area (TPSA) is 167 Å². The maximum atomic E-state index is 15.2. The standard InChI is InChI=1S/C61H79F3N10O6/c1-36(2)50-45(28-43(30-65-50)70-21-19-69(20-22-70)42-15-16-42)54-46-29-59(5,6)35-79-58(78)47-11-8-18-74(68-47)56(76)48(26-38-9-7-10-40(25-38)41-14-17-49(44(46)27-41)73(54)34-61(62,63)64)66-55(75)53(37(3)4)71-23-24-80-60(31-71)32-72(33-60)57(77)52-51(67-52)39-12-13-39/h7,9-10,14,17,25,27-28,30,36-37,39,42,47-48,51-53,67-68H,8,11-13,15-16,18-24,26,29,31-35H2,1-6H3,(H,66,75)/t47-,48-,51+,52+,53-/m0/s1. The van der Waals surface area contributed by atoms with Gasteiger partial charge < -0.3 is 29.2 Å². The molecule has 4 aromatic rings. The molecule has 6 bridgehead atoms. The maximum absolute atomic E-state index is 15.2. The molecule has 5 saturated heterocycles. The van der Waals surface area contributed by atoms with Crippen molar-refractivity contribution in [2.75, 3.05) is 77.0 Å². The average Bonchev–Trinajstić information content (AvgIpc) is 4.37. The molecule has 7 fully saturated rings. The van der Waals surface area contributed by atoms with Gasteiger partial charge in [-0.05, 0) is 103 Å². The summed E-state index contributed by atoms with van der Waals surface area (Å²) in [5.74, 6) is -0.782. The van der Waals surface area contributed by atoms with Gasteiger partial charge in [-0.2, -0.15) is 13.2 Å². The molecule has 6 aliphatic heterocycles. The second kappa shape index (κ2) is 21.3. The van der Waals surface area contributed by atoms with Gasteiger partial charge in [-0.15, -0.1) is 0 Å². The van der Waals surface area contributed by atoms with E-state index in [0.717, 1.165) is 48.6 Å². The molecule has 2 saturated carbocycles. The highest BCUT2D eigenvalue weighted by Gasteiger charge is 2.57. The number of nitrogens with zero attached hydrogens (tertiary/aromatic N) is 7. The minimum atomic E-state index is -4.57. The number of alkyl halides is 3. The van der Waals surface area contributed by atoms with Gasteiger partial charge in [-0.1, -0.05) is 71.9 Å². The zero-order valence-corrected chi connectivity index (χ0v) is 47.2. The number of hydrogen-bond acceptors (Lipinski definition) is 12. The van der Waals surface area contributed by atoms with Crippen molar-refractivity contribution in [2.24, 2.45) is 17.3 Å². The van der Waals surface area contributed by atoms with Crippen LogP contribution < -0.4 is 21.0 Å². The van der Waals surface area contributed by atoms with Gasteiger partial charge in [0.25, 0.3) is 5.91 Å². The quantitative estimate of drug-likeness (QED) is 0.108. The van der Waals surface area contributed by atoms with E-state index in [4.69, 9.17) is 14.5 Å². The average molecular weight is 1110 g/mol. The number of anilines is 1. The number of morpholine rings is 1. The number of benzene rings is 2. The molecule has 2 aromatic carbocycles. The van der Waals surface area contributed by atoms with Gasteiger partial charge in [0.2, 0.25) is 11.8 Å². The zero-order valence-electron chi connectivity index (χ0n) is 47.2. The largest absolute Gasteiger partial charge is 0.464 e. The molecule has 5 atom stereocenters. The van der Waals surface area contributed by atoms with Gasteiger partial charge in [-0.3, -0.25) is 44.3 Å². The van der Waals surface area contributed by atoms with Crippen molar-refractivity contribution in [3.8, 4) is 22.4 Å². The van der Waals surface area contributed by atoms with Crippen LogP contribution in [0.1, 0.15) is 103 Å². The lowest BCUT2D eigenvalue weighted by Crippen LogP contribution is -2.73. The van der Waals surface area contributed by atoms with E-state index in [1.165, 1.54) is 35.3 Å². The Morgan fingerprint density at radius 1 is 0.900 bits per heavy atom. The summed E-state index contributed by atoms with van der Waals surface area (Å²) in [7, 11) is 0. The predicted octanol–water partition coefficient (Wildman–Crippen LogP) is 6.68. The van der Waals surface area contributed by atoms with E-state index in [1.807, 2.05) is 89.0 Å². The lowest BCUT2D eigenvalue weighted by molar-refractivity contribution is -0.197. The molecule has 1 spiro atoms. The smallest absolute Gasteiger partial charge is 0.406 e. The van der Waals surface area contributed by atoms with Crippen LogP contribution in [0.25, 0.3) is 33.3 Å². The summed E-state index contributed by atoms with van der Waals surface area (Å²) >= 11 is 0. The van der Waals surface area contributed by atoms with Crippen molar-refractivity contribution in [1.29, 1.82) is 0 Å². The minimum absolute atomic E-state index is 0.0449. The lowest BCUT2D eigenvalue weighted by Gasteiger charge is -2.55. The first kappa shape index (κ1) is 55.0. The van der Waals surface area contributed by atoms with Gasteiger partial charge in [-0.25, -0.2) is 5.43 Å². The van der Waals surface area contributed by atoms with Crippen LogP contribution in [0.15, 0.2) is 54.7 Å². The highest BCUT2D eigenvalue weighted by atomic mass is 19.4. The number of cyclic esters (lactones) is 1. The van der Waals surface area contributed by atoms with E-state index in [9.17, 15) is 19.2 Å². The molecule has 0 radical (unpaired) electrons. The van der Waals surface area contributed by atoms with Crippen LogP contribution in [0.2, 0.25) is 0 Å². The summed E-state index contributed by atoms with van der Waals surface area (Å²) in [6.45, 7) is 16.7. The number of piperazine rings is 1. The second-order valence-electron chi connectivity index (χ2n) is 25.9. The molecule has 2 aliphatic carbocycles. The van der Waals surface area contributed by atoms with Gasteiger partial charge >= 0.3 is 12.1 Å². The van der Waals surface area contributed by atoms with Crippen LogP contribution in [-0.4, -0.2) is 173 Å². The third-order valence-electron chi connectivity index (χ3n) is 18.1. The van der Waals surface area contributed by atoms with Crippen molar-refractivity contribution < 1.29 is 41.8 Å². The number of halogens is 3. The third kappa shape index (κ3) is 11.3. The monoisotopic (exact) mass is 1100 g/mol. The van der Waals surface area contributed by atoms with Crippen LogP contribution in [0.5, 0.6) is 0 Å². The van der Waals surface area contributed by atoms with Crippen molar-refractivity contribution in [3.05, 3.63) is 71.5 Å². The molecular formula is C61H79F3N10O6. The van der Waals surface area contributed by atoms with Gasteiger partial charge in [0.1, 0.15) is 30.3 Å². The van der Waals surface area contributed by atoms with E-state index in [0.29, 0.717) is 97.5 Å². The Bertz CT molecular complexity index is 3030. The van der Waals surface area contributed by atoms with Crippen LogP contribution >= 0.6 is 0 Å². The number of amides is 3. The number of rotatable bonds is 11. The Balaban J connectivity index is 0.888. The molecule has 2 aromatic heterocycles. The fraction of sp³-hybridized carbons (Fsp3) is 0.623.